The number of carbonyl (C=O) groups excluding carboxylic acids is 2. The summed E-state index contributed by atoms with van der Waals surface area (Å²) in [6.07, 6.45) is 99.4. The molecule has 0 fully saturated rings. The van der Waals surface area contributed by atoms with Crippen molar-refractivity contribution < 1.29 is 24.5 Å². The number of rotatable bonds is 73. The third-order valence-electron chi connectivity index (χ3n) is 18.1. The van der Waals surface area contributed by atoms with Crippen LogP contribution in [0, 0.1) is 0 Å². The second-order valence-corrected chi connectivity index (χ2v) is 26.7. The van der Waals surface area contributed by atoms with Gasteiger partial charge in [-0.1, -0.05) is 371 Å². The number of hydrogen-bond donors (Lipinski definition) is 3. The highest BCUT2D eigenvalue weighted by Crippen LogP contribution is 2.19. The van der Waals surface area contributed by atoms with Gasteiger partial charge in [-0.15, -0.1) is 0 Å². The van der Waals surface area contributed by atoms with E-state index in [4.69, 9.17) is 4.74 Å². The van der Waals surface area contributed by atoms with E-state index in [1.165, 1.54) is 347 Å². The highest BCUT2D eigenvalue weighted by atomic mass is 16.5. The van der Waals surface area contributed by atoms with Crippen LogP contribution in [0.2, 0.25) is 0 Å². The van der Waals surface area contributed by atoms with Gasteiger partial charge in [-0.2, -0.15) is 0 Å². The number of unbranched alkanes of at least 4 members (excludes halogenated alkanes) is 56. The zero-order chi connectivity index (χ0) is 62.0. The summed E-state index contributed by atoms with van der Waals surface area (Å²) in [5.41, 5.74) is 0. The predicted octanol–water partition coefficient (Wildman–Crippen LogP) is 25.6. The van der Waals surface area contributed by atoms with Crippen molar-refractivity contribution in [3.8, 4) is 0 Å². The van der Waals surface area contributed by atoms with Crippen molar-refractivity contribution in [1.82, 2.24) is 5.32 Å². The standard InChI is InChI=1S/C80H151NO5/c1-3-5-7-9-11-13-15-17-19-20-21-35-38-41-45-48-52-56-60-64-68-72-78(83)77(76-82)81-79(84)73-69-65-61-57-53-49-46-42-39-36-33-31-29-27-25-23-22-24-26-28-30-32-34-37-40-43-47-51-55-59-63-67-71-75-86-80(85)74-70-66-62-58-54-50-44-18-16-14-12-10-8-6-4-2/h18,26,28,32,34,44,68,72,77-78,82-83H,3-17,19-25,27,29-31,33,35-43,45-67,69-71,73-76H2,1-2H3,(H,81,84)/b28-26-,34-32-,44-18-,72-68+. The van der Waals surface area contributed by atoms with Gasteiger partial charge in [0.25, 0.3) is 0 Å². The summed E-state index contributed by atoms with van der Waals surface area (Å²) in [7, 11) is 0. The first-order chi connectivity index (χ1) is 42.5. The zero-order valence-electron chi connectivity index (χ0n) is 58.1. The lowest BCUT2D eigenvalue weighted by molar-refractivity contribution is -0.143. The van der Waals surface area contributed by atoms with Gasteiger partial charge in [-0.25, -0.2) is 0 Å². The lowest BCUT2D eigenvalue weighted by Crippen LogP contribution is -2.45. The van der Waals surface area contributed by atoms with Crippen LogP contribution < -0.4 is 5.32 Å². The minimum atomic E-state index is -0.845. The Balaban J connectivity index is 3.40. The summed E-state index contributed by atoms with van der Waals surface area (Å²) in [5.74, 6) is -0.0558. The van der Waals surface area contributed by atoms with Gasteiger partial charge in [-0.05, 0) is 89.9 Å². The van der Waals surface area contributed by atoms with E-state index < -0.39 is 12.1 Å². The third-order valence-corrected chi connectivity index (χ3v) is 18.1. The van der Waals surface area contributed by atoms with E-state index in [0.29, 0.717) is 19.4 Å². The second kappa shape index (κ2) is 75.3. The van der Waals surface area contributed by atoms with Gasteiger partial charge >= 0.3 is 5.97 Å². The van der Waals surface area contributed by atoms with Gasteiger partial charge in [0.1, 0.15) is 0 Å². The minimum absolute atomic E-state index is 0.00639. The van der Waals surface area contributed by atoms with Crippen LogP contribution in [0.4, 0.5) is 0 Å². The van der Waals surface area contributed by atoms with Gasteiger partial charge in [0.05, 0.1) is 25.4 Å². The molecule has 0 rings (SSSR count). The Hall–Kier alpha value is -2.18. The Morgan fingerprint density at radius 2 is 0.581 bits per heavy atom. The van der Waals surface area contributed by atoms with E-state index in [-0.39, 0.29) is 18.5 Å². The lowest BCUT2D eigenvalue weighted by Gasteiger charge is -2.20. The smallest absolute Gasteiger partial charge is 0.305 e. The molecule has 0 spiro atoms. The summed E-state index contributed by atoms with van der Waals surface area (Å²) in [6, 6.07) is -0.628. The topological polar surface area (TPSA) is 95.9 Å². The van der Waals surface area contributed by atoms with Crippen molar-refractivity contribution in [1.29, 1.82) is 0 Å². The second-order valence-electron chi connectivity index (χ2n) is 26.7. The SMILES string of the molecule is CCCCCCCC/C=C\CCCCCCCC(=O)OCCCCCCCCCCC/C=C\C/C=C\CCCCCCCCCCCCCCCCCCCC(=O)NC(CO)C(O)/C=C/CCCCCCCCCCCCCCCCCCCCC. The monoisotopic (exact) mass is 1210 g/mol. The fraction of sp³-hybridized carbons (Fsp3) is 0.875. The van der Waals surface area contributed by atoms with Crippen LogP contribution in [0.15, 0.2) is 48.6 Å². The maximum atomic E-state index is 12.5. The van der Waals surface area contributed by atoms with Crippen LogP contribution in [0.25, 0.3) is 0 Å². The van der Waals surface area contributed by atoms with Crippen LogP contribution in [0.5, 0.6) is 0 Å². The van der Waals surface area contributed by atoms with Crippen molar-refractivity contribution in [2.24, 2.45) is 0 Å². The van der Waals surface area contributed by atoms with Gasteiger partial charge in [-0.3, -0.25) is 9.59 Å². The molecule has 0 bridgehead atoms. The van der Waals surface area contributed by atoms with Crippen LogP contribution in [0.1, 0.15) is 425 Å². The largest absolute Gasteiger partial charge is 0.466 e. The zero-order valence-corrected chi connectivity index (χ0v) is 58.1. The number of allylic oxidation sites excluding steroid dienone is 7. The third kappa shape index (κ3) is 70.9. The summed E-state index contributed by atoms with van der Waals surface area (Å²) in [6.45, 7) is 4.93. The number of aliphatic hydroxyl groups excluding tert-OH is 2. The van der Waals surface area contributed by atoms with Crippen molar-refractivity contribution >= 4 is 11.9 Å². The van der Waals surface area contributed by atoms with E-state index in [1.54, 1.807) is 6.08 Å². The molecule has 0 aliphatic rings. The van der Waals surface area contributed by atoms with Gasteiger partial charge in [0.15, 0.2) is 0 Å². The quantitative estimate of drug-likeness (QED) is 0.0320. The molecule has 1 amide bonds. The van der Waals surface area contributed by atoms with Crippen molar-refractivity contribution in [3.05, 3.63) is 48.6 Å². The number of hydrogen-bond acceptors (Lipinski definition) is 5. The van der Waals surface area contributed by atoms with Crippen LogP contribution in [-0.4, -0.2) is 47.4 Å². The number of nitrogens with one attached hydrogen (secondary N) is 1. The number of carbonyl (C=O) groups is 2. The van der Waals surface area contributed by atoms with Crippen LogP contribution in [0.3, 0.4) is 0 Å². The predicted molar refractivity (Wildman–Crippen MR) is 379 cm³/mol. The van der Waals surface area contributed by atoms with Crippen molar-refractivity contribution in [2.75, 3.05) is 13.2 Å². The molecule has 0 radical (unpaired) electrons. The Morgan fingerprint density at radius 3 is 0.895 bits per heavy atom. The number of esters is 1. The fourth-order valence-electron chi connectivity index (χ4n) is 12.1. The normalized spacial score (nSPS) is 12.7. The molecule has 3 N–H and O–H groups in total. The lowest BCUT2D eigenvalue weighted by atomic mass is 10.0. The number of amides is 1. The molecule has 2 atom stereocenters. The highest BCUT2D eigenvalue weighted by Gasteiger charge is 2.18. The Kier molecular flexibility index (Phi) is 73.4. The van der Waals surface area contributed by atoms with Gasteiger partial charge < -0.3 is 20.3 Å². The summed E-state index contributed by atoms with van der Waals surface area (Å²) >= 11 is 0. The maximum Gasteiger partial charge on any atom is 0.305 e. The first kappa shape index (κ1) is 83.8. The summed E-state index contributed by atoms with van der Waals surface area (Å²) in [4.78, 5) is 24.6. The molecule has 0 aromatic carbocycles. The van der Waals surface area contributed by atoms with Crippen molar-refractivity contribution in [3.63, 3.8) is 0 Å². The summed E-state index contributed by atoms with van der Waals surface area (Å²) in [5, 5.41) is 23.3. The molecule has 0 saturated carbocycles. The Morgan fingerprint density at radius 1 is 0.326 bits per heavy atom. The maximum absolute atomic E-state index is 12.5. The first-order valence-electron chi connectivity index (χ1n) is 38.9. The highest BCUT2D eigenvalue weighted by molar-refractivity contribution is 5.76. The molecular formula is C80H151NO5. The van der Waals surface area contributed by atoms with Crippen LogP contribution >= 0.6 is 0 Å². The minimum Gasteiger partial charge on any atom is -0.466 e. The van der Waals surface area contributed by atoms with E-state index in [9.17, 15) is 19.8 Å². The summed E-state index contributed by atoms with van der Waals surface area (Å²) < 4.78 is 5.49. The van der Waals surface area contributed by atoms with Gasteiger partial charge in [0, 0.05) is 12.8 Å². The molecule has 6 nitrogen and oxygen atoms in total. The molecule has 0 heterocycles. The molecular weight excluding hydrogens is 1050 g/mol. The fourth-order valence-corrected chi connectivity index (χ4v) is 12.1. The van der Waals surface area contributed by atoms with Crippen molar-refractivity contribution in [2.45, 2.75) is 437 Å². The Labute approximate surface area is 537 Å². The number of aliphatic hydroxyl groups is 2. The molecule has 2 unspecified atom stereocenters. The molecule has 0 aromatic rings. The molecule has 0 saturated heterocycles. The average molecular weight is 1210 g/mol. The molecule has 6 heteroatoms. The molecule has 0 aliphatic heterocycles. The Bertz CT molecular complexity index is 1440. The van der Waals surface area contributed by atoms with Crippen LogP contribution in [-0.2, 0) is 14.3 Å². The molecule has 0 aliphatic carbocycles. The molecule has 0 aromatic heterocycles. The molecule has 506 valence electrons. The number of ether oxygens (including phenoxy) is 1. The van der Waals surface area contributed by atoms with E-state index in [0.717, 1.165) is 51.4 Å². The van der Waals surface area contributed by atoms with E-state index in [1.807, 2.05) is 6.08 Å². The molecule has 86 heavy (non-hydrogen) atoms. The van der Waals surface area contributed by atoms with E-state index in [2.05, 4.69) is 55.6 Å². The average Bonchev–Trinajstić information content (AvgIpc) is 3.53. The van der Waals surface area contributed by atoms with Gasteiger partial charge in [0.2, 0.25) is 5.91 Å². The van der Waals surface area contributed by atoms with E-state index >= 15 is 0 Å². The first-order valence-corrected chi connectivity index (χ1v) is 38.9.